The molecule has 0 aromatic heterocycles. The van der Waals surface area contributed by atoms with Gasteiger partial charge in [-0.25, -0.2) is 4.79 Å². The number of carbonyl (C=O) groups is 1. The quantitative estimate of drug-likeness (QED) is 0.369. The number of fused-ring (bicyclic) bond motifs is 2. The van der Waals surface area contributed by atoms with Gasteiger partial charge in [0.05, 0.1) is 56.4 Å². The second-order valence-corrected chi connectivity index (χ2v) is 14.3. The van der Waals surface area contributed by atoms with Crippen molar-refractivity contribution in [3.05, 3.63) is 23.8 Å². The topological polar surface area (TPSA) is 125 Å². The van der Waals surface area contributed by atoms with E-state index >= 15 is 0 Å². The minimum absolute atomic E-state index is 0.0392. The van der Waals surface area contributed by atoms with Gasteiger partial charge in [0.15, 0.2) is 11.5 Å². The van der Waals surface area contributed by atoms with E-state index in [1.807, 2.05) is 0 Å². The standard InChI is InChI=1S/C34H49NO10/c1-8-35-15-32(16-39-2)23(36)13-24(43-6)34-19-12-18-22(42-5)14-33(38,26(30(34)35)28(44-7)29(32)34)25(19)27(18)45-31(37)17-9-10-20(40-3)21(11-17)41-4/h9-11,18-19,22-30,36,38H,8,12-16H2,1-7H3/t18-,19-,22+,23-,24+,25-,26+,27+,28+,29-,30?,32+,33-,34+/m1/s1. The molecule has 6 fully saturated rings. The van der Waals surface area contributed by atoms with E-state index in [2.05, 4.69) is 11.8 Å². The number of benzene rings is 1. The van der Waals surface area contributed by atoms with Gasteiger partial charge < -0.3 is 43.4 Å². The molecular formula is C34H49NO10. The van der Waals surface area contributed by atoms with E-state index in [-0.39, 0.29) is 53.9 Å². The lowest BCUT2D eigenvalue weighted by Gasteiger charge is -2.70. The SMILES string of the molecule is CCN1C[C@]2(COC)[C@H](O)C[C@H](OC)[C@]34C1[C@H]([C@H](OC)[C@H]23)[C@@]1(O)C[C@H](OC)[C@H]2C[C@@H]4[C@@H]1[C@H]2OC(=O)c1ccc(OC)c(OC)c1. The lowest BCUT2D eigenvalue weighted by atomic mass is 9.42. The highest BCUT2D eigenvalue weighted by Crippen LogP contribution is 2.79. The molecule has 45 heavy (non-hydrogen) atoms. The minimum Gasteiger partial charge on any atom is -0.493 e. The number of aliphatic hydroxyl groups is 2. The van der Waals surface area contributed by atoms with Crippen LogP contribution in [0, 0.1) is 40.4 Å². The maximum Gasteiger partial charge on any atom is 0.338 e. The van der Waals surface area contributed by atoms with Gasteiger partial charge in [0.1, 0.15) is 6.10 Å². The molecule has 5 saturated carbocycles. The summed E-state index contributed by atoms with van der Waals surface area (Å²) < 4.78 is 42.2. The monoisotopic (exact) mass is 631 g/mol. The number of hydrogen-bond donors (Lipinski definition) is 2. The van der Waals surface area contributed by atoms with Gasteiger partial charge in [-0.3, -0.25) is 4.90 Å². The highest BCUT2D eigenvalue weighted by molar-refractivity contribution is 5.90. The lowest BCUT2D eigenvalue weighted by molar-refractivity contribution is -0.295. The van der Waals surface area contributed by atoms with Crippen molar-refractivity contribution in [2.45, 2.75) is 68.3 Å². The third-order valence-corrected chi connectivity index (χ3v) is 13.3. The maximum atomic E-state index is 13.9. The van der Waals surface area contributed by atoms with Gasteiger partial charge in [-0.1, -0.05) is 6.92 Å². The van der Waals surface area contributed by atoms with Gasteiger partial charge in [-0.2, -0.15) is 0 Å². The number of piperidine rings is 1. The number of methoxy groups -OCH3 is 6. The van der Waals surface area contributed by atoms with Crippen LogP contribution in [0.4, 0.5) is 0 Å². The Morgan fingerprint density at radius 3 is 2.36 bits per heavy atom. The Morgan fingerprint density at radius 1 is 0.978 bits per heavy atom. The molecule has 2 N–H and O–H groups in total. The molecule has 1 spiro atoms. The van der Waals surface area contributed by atoms with Crippen molar-refractivity contribution in [2.75, 3.05) is 62.4 Å². The maximum absolute atomic E-state index is 13.9. The van der Waals surface area contributed by atoms with Gasteiger partial charge in [-0.05, 0) is 37.1 Å². The van der Waals surface area contributed by atoms with Crippen LogP contribution in [-0.2, 0) is 23.7 Å². The zero-order valence-electron chi connectivity index (χ0n) is 27.4. The first kappa shape index (κ1) is 31.6. The van der Waals surface area contributed by atoms with E-state index in [0.717, 1.165) is 6.54 Å². The Hall–Kier alpha value is -1.99. The van der Waals surface area contributed by atoms with E-state index in [9.17, 15) is 15.0 Å². The van der Waals surface area contributed by atoms with Crippen molar-refractivity contribution < 1.29 is 48.2 Å². The molecule has 11 nitrogen and oxygen atoms in total. The summed E-state index contributed by atoms with van der Waals surface area (Å²) in [5.74, 6) is -0.478. The fourth-order valence-electron chi connectivity index (χ4n) is 12.2. The molecule has 0 radical (unpaired) electrons. The van der Waals surface area contributed by atoms with Crippen LogP contribution in [0.25, 0.3) is 0 Å². The van der Waals surface area contributed by atoms with Crippen molar-refractivity contribution in [1.82, 2.24) is 4.90 Å². The predicted octanol–water partition coefficient (Wildman–Crippen LogP) is 2.01. The molecule has 250 valence electrons. The second kappa shape index (κ2) is 11.0. The summed E-state index contributed by atoms with van der Waals surface area (Å²) in [6, 6.07) is 4.96. The Bertz CT molecular complexity index is 1310. The highest BCUT2D eigenvalue weighted by atomic mass is 16.6. The van der Waals surface area contributed by atoms with Gasteiger partial charge in [0.25, 0.3) is 0 Å². The van der Waals surface area contributed by atoms with Gasteiger partial charge >= 0.3 is 5.97 Å². The summed E-state index contributed by atoms with van der Waals surface area (Å²) in [5, 5.41) is 25.2. The number of esters is 1. The number of likely N-dealkylation sites (tertiary alicyclic amines) is 1. The molecule has 11 heteroatoms. The number of hydrogen-bond acceptors (Lipinski definition) is 11. The minimum atomic E-state index is -1.24. The summed E-state index contributed by atoms with van der Waals surface area (Å²) in [6.45, 7) is 3.94. The molecule has 1 aromatic rings. The molecule has 1 aliphatic heterocycles. The number of rotatable bonds is 10. The first-order chi connectivity index (χ1) is 21.7. The van der Waals surface area contributed by atoms with Crippen molar-refractivity contribution in [3.63, 3.8) is 0 Å². The summed E-state index contributed by atoms with van der Waals surface area (Å²) in [4.78, 5) is 16.3. The highest BCUT2D eigenvalue weighted by Gasteiger charge is 2.87. The first-order valence-corrected chi connectivity index (χ1v) is 16.3. The van der Waals surface area contributed by atoms with Crippen LogP contribution in [0.2, 0.25) is 0 Å². The van der Waals surface area contributed by atoms with Crippen LogP contribution in [0.5, 0.6) is 11.5 Å². The molecule has 6 aliphatic rings. The Labute approximate surface area is 265 Å². The third-order valence-electron chi connectivity index (χ3n) is 13.3. The lowest BCUT2D eigenvalue weighted by Crippen LogP contribution is -2.78. The van der Waals surface area contributed by atoms with E-state index in [1.54, 1.807) is 53.7 Å². The zero-order chi connectivity index (χ0) is 32.1. The largest absolute Gasteiger partial charge is 0.493 e. The molecular weight excluding hydrogens is 582 g/mol. The third kappa shape index (κ3) is 3.80. The van der Waals surface area contributed by atoms with Crippen LogP contribution in [0.15, 0.2) is 18.2 Å². The number of nitrogens with zero attached hydrogens (tertiary/aromatic N) is 1. The van der Waals surface area contributed by atoms with Crippen molar-refractivity contribution in [3.8, 4) is 11.5 Å². The summed E-state index contributed by atoms with van der Waals surface area (Å²) in [5.41, 5.74) is -1.96. The molecule has 1 aromatic carbocycles. The van der Waals surface area contributed by atoms with Gasteiger partial charge in [0, 0.05) is 88.4 Å². The van der Waals surface area contributed by atoms with E-state index < -0.39 is 34.6 Å². The Balaban J connectivity index is 1.38. The summed E-state index contributed by atoms with van der Waals surface area (Å²) >= 11 is 0. The Morgan fingerprint density at radius 2 is 1.73 bits per heavy atom. The molecule has 0 amide bonds. The van der Waals surface area contributed by atoms with E-state index in [0.29, 0.717) is 49.5 Å². The van der Waals surface area contributed by atoms with E-state index in [1.165, 1.54) is 7.11 Å². The fourth-order valence-corrected chi connectivity index (χ4v) is 12.2. The zero-order valence-corrected chi connectivity index (χ0v) is 27.4. The van der Waals surface area contributed by atoms with Crippen molar-refractivity contribution in [2.24, 2.45) is 40.4 Å². The Kier molecular flexibility index (Phi) is 7.75. The molecule has 1 unspecified atom stereocenters. The molecule has 14 atom stereocenters. The van der Waals surface area contributed by atoms with Gasteiger partial charge in [0.2, 0.25) is 0 Å². The van der Waals surface area contributed by atoms with Crippen LogP contribution >= 0.6 is 0 Å². The first-order valence-electron chi connectivity index (χ1n) is 16.3. The average Bonchev–Trinajstić information content (AvgIpc) is 3.48. The summed E-state index contributed by atoms with van der Waals surface area (Å²) in [7, 11) is 9.93. The smallest absolute Gasteiger partial charge is 0.338 e. The van der Waals surface area contributed by atoms with Crippen LogP contribution in [-0.4, -0.2) is 126 Å². The van der Waals surface area contributed by atoms with Gasteiger partial charge in [-0.15, -0.1) is 0 Å². The van der Waals surface area contributed by atoms with Crippen molar-refractivity contribution >= 4 is 5.97 Å². The normalized spacial score (nSPS) is 47.4. The van der Waals surface area contributed by atoms with Crippen molar-refractivity contribution in [1.29, 1.82) is 0 Å². The molecule has 1 saturated heterocycles. The van der Waals surface area contributed by atoms with E-state index in [4.69, 9.17) is 33.2 Å². The predicted molar refractivity (Wildman–Crippen MR) is 161 cm³/mol. The molecule has 5 aliphatic carbocycles. The number of aliphatic hydroxyl groups excluding tert-OH is 1. The number of carbonyl (C=O) groups excluding carboxylic acids is 1. The second-order valence-electron chi connectivity index (χ2n) is 14.3. The fraction of sp³-hybridized carbons (Fsp3) is 0.794. The molecule has 7 bridgehead atoms. The molecule has 7 rings (SSSR count). The van der Waals surface area contributed by atoms with Crippen LogP contribution in [0.1, 0.15) is 36.5 Å². The summed E-state index contributed by atoms with van der Waals surface area (Å²) in [6.07, 6.45) is -0.567. The number of ether oxygens (including phenoxy) is 7. The van der Waals surface area contributed by atoms with Crippen LogP contribution < -0.4 is 9.47 Å². The van der Waals surface area contributed by atoms with Crippen LogP contribution in [0.3, 0.4) is 0 Å². The average molecular weight is 632 g/mol. The molecule has 1 heterocycles.